The molecule has 0 fully saturated rings. The maximum atomic E-state index is 12.3. The van der Waals surface area contributed by atoms with Crippen molar-refractivity contribution >= 4 is 49.9 Å². The standard InChI is InChI=1S/C131H230O8P2S2/c1-7-11-15-19-23-27-31-35-41-49-57-65-73-81-89-97-121-101-109-125(110-102-121)136-140(142-119-95-87-79-71-63-55-47-39-43-51-59-67-75-83-91-99-129(132)134-117-93-85-77-69-61-53-45-37-33-29-25-21-17-13-9-3)138-127-113-105-123(106-114-127)131(5,6)124-107-115-128(116-108-124)139-141(137-126-111-103-122(104-112-126)98-90-82-74-66-58-50-42-36-32-28-24-20-16-12-8-2)143-120-96-88-80-72-64-56-48-40-44-52-60-68-76-84-92-100-130(133)135-118-94-86-78-70-62-54-46-38-34-30-26-22-18-14-10-4/h101-116H,7-100,117-120H2,1-6H3. The Morgan fingerprint density at radius 2 is 0.364 bits per heavy atom. The van der Waals surface area contributed by atoms with E-state index in [2.05, 4.69) is 139 Å². The van der Waals surface area contributed by atoms with Crippen LogP contribution in [-0.2, 0) is 37.3 Å². The van der Waals surface area contributed by atoms with E-state index in [-0.39, 0.29) is 17.4 Å². The van der Waals surface area contributed by atoms with Gasteiger partial charge < -0.3 is 27.6 Å². The number of aryl methyl sites for hydroxylation is 2. The molecule has 12 heteroatoms. The Morgan fingerprint density at radius 3 is 0.559 bits per heavy atom. The summed E-state index contributed by atoms with van der Waals surface area (Å²) >= 11 is 3.71. The van der Waals surface area contributed by atoms with Gasteiger partial charge in [-0.15, -0.1) is 0 Å². The molecule has 0 aliphatic rings. The fourth-order valence-corrected chi connectivity index (χ4v) is 26.2. The summed E-state index contributed by atoms with van der Waals surface area (Å²) in [7, 11) is -2.55. The van der Waals surface area contributed by atoms with E-state index in [0.717, 1.165) is 85.9 Å². The van der Waals surface area contributed by atoms with Crippen molar-refractivity contribution in [2.24, 2.45) is 0 Å². The van der Waals surface area contributed by atoms with Crippen LogP contribution in [0.25, 0.3) is 0 Å². The Bertz CT molecular complexity index is 3080. The highest BCUT2D eigenvalue weighted by molar-refractivity contribution is 8.53. The van der Waals surface area contributed by atoms with Gasteiger partial charge >= 0.3 is 27.1 Å². The van der Waals surface area contributed by atoms with Gasteiger partial charge in [0.2, 0.25) is 0 Å². The predicted octanol–water partition coefficient (Wildman–Crippen LogP) is 47.0. The number of hydrogen-bond donors (Lipinski definition) is 0. The third kappa shape index (κ3) is 82.9. The summed E-state index contributed by atoms with van der Waals surface area (Å²) < 4.78 is 38.6. The molecule has 0 radical (unpaired) electrons. The van der Waals surface area contributed by atoms with E-state index in [1.165, 1.54) is 562 Å². The first kappa shape index (κ1) is 132. The minimum absolute atomic E-state index is 0.0143. The first-order chi connectivity index (χ1) is 70.6. The quantitative estimate of drug-likeness (QED) is 0.0242. The molecule has 4 rings (SSSR count). The zero-order chi connectivity index (χ0) is 102. The molecule has 0 heterocycles. The molecule has 8 nitrogen and oxygen atoms in total. The van der Waals surface area contributed by atoms with E-state index >= 15 is 0 Å². The number of carbonyl (C=O) groups excluding carboxylic acids is 2. The lowest BCUT2D eigenvalue weighted by atomic mass is 9.78. The van der Waals surface area contributed by atoms with Crippen molar-refractivity contribution in [3.05, 3.63) is 119 Å². The fourth-order valence-electron chi connectivity index (χ4n) is 20.4. The van der Waals surface area contributed by atoms with Crippen LogP contribution >= 0.6 is 37.9 Å². The SMILES string of the molecule is CCCCCCCCCCCCCCCCCOC(=O)CCCCCCCCCCCCCCCCCSP(Oc1ccc(CCCCCCCCCCCCCCCCC)cc1)Oc1ccc(C(C)(C)c2ccc(OP(Oc3ccc(CCCCCCCCCCCCCCCCC)cc3)SCCCCCCCCCCCCCCCCCC(=O)OCCCCCCCCCCCCCCCCC)cc2)cc1. The molecule has 0 saturated heterocycles. The van der Waals surface area contributed by atoms with Gasteiger partial charge in [0.05, 0.1) is 13.2 Å². The van der Waals surface area contributed by atoms with Gasteiger partial charge in [-0.25, -0.2) is 0 Å². The molecule has 143 heavy (non-hydrogen) atoms. The Balaban J connectivity index is 1.18. The van der Waals surface area contributed by atoms with Crippen molar-refractivity contribution < 1.29 is 37.2 Å². The van der Waals surface area contributed by atoms with Crippen LogP contribution in [0.2, 0.25) is 0 Å². The van der Waals surface area contributed by atoms with Crippen LogP contribution in [-0.4, -0.2) is 36.7 Å². The Kier molecular flexibility index (Phi) is 93.8. The summed E-state index contributed by atoms with van der Waals surface area (Å²) in [6.07, 6.45) is 124. The minimum Gasteiger partial charge on any atom is -0.466 e. The summed E-state index contributed by atoms with van der Waals surface area (Å²) in [6, 6.07) is 35.5. The smallest absolute Gasteiger partial charge is 0.360 e. The van der Waals surface area contributed by atoms with Gasteiger partial charge in [-0.1, -0.05) is 617 Å². The molecule has 4 aromatic rings. The van der Waals surface area contributed by atoms with Crippen molar-refractivity contribution in [2.75, 3.05) is 24.7 Å². The second-order valence-electron chi connectivity index (χ2n) is 44.3. The van der Waals surface area contributed by atoms with Crippen molar-refractivity contribution in [2.45, 2.75) is 651 Å². The number of benzene rings is 4. The first-order valence-electron chi connectivity index (χ1n) is 62.9. The number of carbonyl (C=O) groups is 2. The highest BCUT2D eigenvalue weighted by Gasteiger charge is 2.26. The molecule has 2 unspecified atom stereocenters. The van der Waals surface area contributed by atoms with E-state index in [1.54, 1.807) is 0 Å². The molecule has 4 aromatic carbocycles. The normalized spacial score (nSPS) is 12.1. The maximum absolute atomic E-state index is 12.3. The lowest BCUT2D eigenvalue weighted by Gasteiger charge is -2.27. The van der Waals surface area contributed by atoms with Gasteiger partial charge in [0, 0.05) is 29.8 Å². The Morgan fingerprint density at radius 1 is 0.203 bits per heavy atom. The third-order valence-electron chi connectivity index (χ3n) is 30.3. The van der Waals surface area contributed by atoms with E-state index in [0.29, 0.717) is 26.1 Å². The topological polar surface area (TPSA) is 89.5 Å². The molecule has 0 aromatic heterocycles. The number of unbranched alkanes of at least 4 members (excludes halogenated alkanes) is 84. The highest BCUT2D eigenvalue weighted by Crippen LogP contribution is 2.54. The number of hydrogen-bond acceptors (Lipinski definition) is 10. The highest BCUT2D eigenvalue weighted by atomic mass is 32.7. The minimum atomic E-state index is -1.28. The van der Waals surface area contributed by atoms with Gasteiger partial charge in [-0.05, 0) is 158 Å². The van der Waals surface area contributed by atoms with E-state index in [4.69, 9.17) is 27.6 Å². The molecule has 0 aliphatic heterocycles. The first-order valence-corrected chi connectivity index (χ1v) is 68.4. The zero-order valence-electron chi connectivity index (χ0n) is 95.0. The van der Waals surface area contributed by atoms with Gasteiger partial charge in [-0.2, -0.15) is 0 Å². The molecule has 0 bridgehead atoms. The van der Waals surface area contributed by atoms with Crippen LogP contribution in [0.4, 0.5) is 0 Å². The summed E-state index contributed by atoms with van der Waals surface area (Å²) in [5.74, 6) is 5.57. The number of rotatable bonds is 112. The van der Waals surface area contributed by atoms with Crippen LogP contribution in [0.3, 0.4) is 0 Å². The molecular weight excluding hydrogens is 1830 g/mol. The molecule has 824 valence electrons. The average molecular weight is 2060 g/mol. The van der Waals surface area contributed by atoms with Crippen LogP contribution in [0, 0.1) is 0 Å². The summed E-state index contributed by atoms with van der Waals surface area (Å²) in [5.41, 5.74) is 5.02. The van der Waals surface area contributed by atoms with E-state index in [9.17, 15) is 9.59 Å². The molecule has 0 aliphatic carbocycles. The predicted molar refractivity (Wildman–Crippen MR) is 636 cm³/mol. The Hall–Kier alpha value is -3.42. The van der Waals surface area contributed by atoms with Crippen LogP contribution < -0.4 is 18.1 Å². The second kappa shape index (κ2) is 102. The van der Waals surface area contributed by atoms with E-state index < -0.39 is 15.2 Å². The zero-order valence-corrected chi connectivity index (χ0v) is 98.4. The molecular formula is C131H230O8P2S2. The van der Waals surface area contributed by atoms with Crippen LogP contribution in [0.15, 0.2) is 97.1 Å². The third-order valence-corrected chi connectivity index (χ3v) is 36.4. The van der Waals surface area contributed by atoms with Crippen molar-refractivity contribution in [1.82, 2.24) is 0 Å². The second-order valence-corrected chi connectivity index (χ2v) is 50.6. The van der Waals surface area contributed by atoms with E-state index in [1.807, 2.05) is 22.8 Å². The molecule has 0 amide bonds. The summed E-state index contributed by atoms with van der Waals surface area (Å²) in [6.45, 7) is 15.1. The fraction of sp³-hybridized carbons (Fsp3) is 0.802. The summed E-state index contributed by atoms with van der Waals surface area (Å²) in [5, 5.41) is 0. The molecule has 2 atom stereocenters. The summed E-state index contributed by atoms with van der Waals surface area (Å²) in [4.78, 5) is 24.7. The van der Waals surface area contributed by atoms with Gasteiger partial charge in [0.25, 0.3) is 0 Å². The number of ether oxygens (including phenoxy) is 2. The molecule has 0 saturated carbocycles. The maximum Gasteiger partial charge on any atom is 0.360 e. The van der Waals surface area contributed by atoms with Crippen molar-refractivity contribution in [3.63, 3.8) is 0 Å². The average Bonchev–Trinajstić information content (AvgIpc) is 0.805. The molecule has 0 spiro atoms. The lowest BCUT2D eigenvalue weighted by molar-refractivity contribution is -0.144. The molecule has 0 N–H and O–H groups in total. The van der Waals surface area contributed by atoms with Crippen molar-refractivity contribution in [1.29, 1.82) is 0 Å². The van der Waals surface area contributed by atoms with Crippen molar-refractivity contribution in [3.8, 4) is 23.0 Å². The van der Waals surface area contributed by atoms with Gasteiger partial charge in [0.15, 0.2) is 0 Å². The van der Waals surface area contributed by atoms with Crippen LogP contribution in [0.5, 0.6) is 23.0 Å². The van der Waals surface area contributed by atoms with Gasteiger partial charge in [-0.3, -0.25) is 9.59 Å². The lowest BCUT2D eigenvalue weighted by Crippen LogP contribution is -2.18. The Labute approximate surface area is 898 Å². The largest absolute Gasteiger partial charge is 0.466 e. The number of esters is 2. The van der Waals surface area contributed by atoms with Gasteiger partial charge in [0.1, 0.15) is 23.0 Å². The monoisotopic (exact) mass is 2060 g/mol. The van der Waals surface area contributed by atoms with Crippen LogP contribution in [0.1, 0.15) is 655 Å².